The molecular formula is C23H37N3O3. The van der Waals surface area contributed by atoms with Crippen LogP contribution in [0, 0.1) is 10.8 Å². The molecule has 0 spiro atoms. The van der Waals surface area contributed by atoms with Gasteiger partial charge in [0.1, 0.15) is 5.75 Å². The number of primary amides is 1. The van der Waals surface area contributed by atoms with Crippen molar-refractivity contribution in [2.45, 2.75) is 84.2 Å². The third kappa shape index (κ3) is 7.26. The second kappa shape index (κ2) is 9.99. The molecular weight excluding hydrogens is 366 g/mol. The van der Waals surface area contributed by atoms with Crippen LogP contribution in [0.25, 0.3) is 0 Å². The lowest BCUT2D eigenvalue weighted by Gasteiger charge is -2.32. The highest BCUT2D eigenvalue weighted by atomic mass is 16.5. The summed E-state index contributed by atoms with van der Waals surface area (Å²) < 4.78 is 11.5. The van der Waals surface area contributed by atoms with Crippen LogP contribution in [0.1, 0.15) is 89.2 Å². The number of carbonyl (C=O) groups is 1. The molecule has 1 amide bonds. The topological polar surface area (TPSA) is 111 Å². The van der Waals surface area contributed by atoms with Gasteiger partial charge in [0, 0.05) is 16.9 Å². The molecule has 0 aromatic heterocycles. The average molecular weight is 404 g/mol. The van der Waals surface area contributed by atoms with E-state index in [-0.39, 0.29) is 29.4 Å². The van der Waals surface area contributed by atoms with E-state index in [9.17, 15) is 4.79 Å². The molecule has 162 valence electrons. The molecule has 1 fully saturated rings. The third-order valence-electron chi connectivity index (χ3n) is 5.42. The highest BCUT2D eigenvalue weighted by molar-refractivity contribution is 5.79. The molecule has 0 saturated heterocycles. The molecule has 2 atom stereocenters. The highest BCUT2D eigenvalue weighted by Gasteiger charge is 2.31. The molecule has 2 aliphatic rings. The Kier molecular flexibility index (Phi) is 7.94. The number of ether oxygens (including phenoxy) is 2. The summed E-state index contributed by atoms with van der Waals surface area (Å²) in [6.07, 6.45) is 7.24. The zero-order valence-electron chi connectivity index (χ0n) is 18.3. The Bertz CT molecular complexity index is 708. The number of fused-ring (bicyclic) bond motifs is 1. The molecule has 3 rings (SSSR count). The summed E-state index contributed by atoms with van der Waals surface area (Å²) in [6.45, 7) is 8.04. The van der Waals surface area contributed by atoms with Gasteiger partial charge in [-0.15, -0.1) is 0 Å². The SMILES string of the molecule is CC(C)(C)C(N)=O.CCCC[C@H]1C[C@@H](COC(=N)N)c2cc(C3CC3)ccc2O1. The van der Waals surface area contributed by atoms with Crippen LogP contribution in [-0.4, -0.2) is 24.6 Å². The molecule has 1 aliphatic heterocycles. The number of rotatable bonds is 6. The molecule has 5 N–H and O–H groups in total. The van der Waals surface area contributed by atoms with Gasteiger partial charge in [0.2, 0.25) is 5.91 Å². The summed E-state index contributed by atoms with van der Waals surface area (Å²) in [5.74, 6) is 1.74. The van der Waals surface area contributed by atoms with Gasteiger partial charge in [0.25, 0.3) is 6.02 Å². The van der Waals surface area contributed by atoms with Crippen molar-refractivity contribution >= 4 is 11.9 Å². The van der Waals surface area contributed by atoms with E-state index >= 15 is 0 Å². The lowest BCUT2D eigenvalue weighted by atomic mass is 9.87. The standard InChI is InChI=1S/C18H26N2O2.C5H11NO/c1-2-3-4-15-9-14(11-21-18(19)20)16-10-13(12-5-6-12)7-8-17(16)22-15;1-5(2,3)4(6)7/h7-8,10,12,14-15H,2-6,9,11H2,1H3,(H3,19,20);1-3H3,(H2,6,7)/t14-,15-;/m0./s1. The normalized spacial score (nSPS) is 20.6. The molecule has 6 nitrogen and oxygen atoms in total. The van der Waals surface area contributed by atoms with E-state index in [4.69, 9.17) is 26.4 Å². The predicted octanol–water partition coefficient (Wildman–Crippen LogP) is 4.42. The molecule has 6 heteroatoms. The Morgan fingerprint density at radius 2 is 1.93 bits per heavy atom. The molecule has 0 bridgehead atoms. The molecule has 1 saturated carbocycles. The van der Waals surface area contributed by atoms with Gasteiger partial charge in [-0.25, -0.2) is 0 Å². The highest BCUT2D eigenvalue weighted by Crippen LogP contribution is 2.44. The Hall–Kier alpha value is -2.24. The molecule has 1 aromatic rings. The first-order chi connectivity index (χ1) is 13.6. The number of amidine groups is 1. The maximum absolute atomic E-state index is 10.2. The van der Waals surface area contributed by atoms with E-state index in [0.29, 0.717) is 6.61 Å². The van der Waals surface area contributed by atoms with E-state index in [1.165, 1.54) is 36.8 Å². The summed E-state index contributed by atoms with van der Waals surface area (Å²) in [7, 11) is 0. The van der Waals surface area contributed by atoms with Gasteiger partial charge in [-0.2, -0.15) is 0 Å². The molecule has 1 heterocycles. The number of nitrogens with two attached hydrogens (primary N) is 2. The molecule has 0 unspecified atom stereocenters. The summed E-state index contributed by atoms with van der Waals surface area (Å²) >= 11 is 0. The van der Waals surface area contributed by atoms with E-state index in [0.717, 1.165) is 24.5 Å². The summed E-state index contributed by atoms with van der Waals surface area (Å²) in [6, 6.07) is 6.43. The van der Waals surface area contributed by atoms with Crippen LogP contribution in [0.4, 0.5) is 0 Å². The largest absolute Gasteiger partial charge is 0.490 e. The second-order valence-electron chi connectivity index (χ2n) is 9.18. The number of hydrogen-bond donors (Lipinski definition) is 3. The minimum absolute atomic E-state index is 0.198. The van der Waals surface area contributed by atoms with Gasteiger partial charge in [-0.1, -0.05) is 52.7 Å². The quantitative estimate of drug-likeness (QED) is 0.482. The maximum atomic E-state index is 10.2. The van der Waals surface area contributed by atoms with Gasteiger partial charge in [-0.05, 0) is 43.2 Å². The number of amides is 1. The molecule has 29 heavy (non-hydrogen) atoms. The van der Waals surface area contributed by atoms with E-state index in [1.807, 2.05) is 0 Å². The number of carbonyl (C=O) groups excluding carboxylic acids is 1. The lowest BCUT2D eigenvalue weighted by Crippen LogP contribution is -2.29. The van der Waals surface area contributed by atoms with E-state index < -0.39 is 0 Å². The van der Waals surface area contributed by atoms with Crippen molar-refractivity contribution in [2.75, 3.05) is 6.61 Å². The summed E-state index contributed by atoms with van der Waals surface area (Å²) in [5, 5.41) is 7.30. The van der Waals surface area contributed by atoms with E-state index in [1.54, 1.807) is 20.8 Å². The van der Waals surface area contributed by atoms with Crippen molar-refractivity contribution in [3.05, 3.63) is 29.3 Å². The van der Waals surface area contributed by atoms with Crippen molar-refractivity contribution in [3.8, 4) is 5.75 Å². The first kappa shape index (κ1) is 23.0. The number of hydrogen-bond acceptors (Lipinski definition) is 4. The number of benzene rings is 1. The zero-order chi connectivity index (χ0) is 21.6. The molecule has 1 aromatic carbocycles. The van der Waals surface area contributed by atoms with Crippen LogP contribution < -0.4 is 16.2 Å². The fraction of sp³-hybridized carbons (Fsp3) is 0.652. The van der Waals surface area contributed by atoms with Gasteiger partial charge in [0.05, 0.1) is 12.7 Å². The van der Waals surface area contributed by atoms with Gasteiger partial charge < -0.3 is 20.9 Å². The van der Waals surface area contributed by atoms with Gasteiger partial charge in [0.15, 0.2) is 0 Å². The van der Waals surface area contributed by atoms with Crippen LogP contribution in [0.5, 0.6) is 5.75 Å². The van der Waals surface area contributed by atoms with Gasteiger partial charge in [-0.3, -0.25) is 10.2 Å². The van der Waals surface area contributed by atoms with Gasteiger partial charge >= 0.3 is 0 Å². The summed E-state index contributed by atoms with van der Waals surface area (Å²) in [5.41, 5.74) is 12.6. The fourth-order valence-electron chi connectivity index (χ4n) is 3.29. The summed E-state index contributed by atoms with van der Waals surface area (Å²) in [4.78, 5) is 10.2. The first-order valence-electron chi connectivity index (χ1n) is 10.7. The monoisotopic (exact) mass is 403 g/mol. The smallest absolute Gasteiger partial charge is 0.279 e. The number of unbranched alkanes of at least 4 members (excludes halogenated alkanes) is 1. The number of nitrogens with one attached hydrogen (secondary N) is 1. The van der Waals surface area contributed by atoms with Crippen molar-refractivity contribution < 1.29 is 14.3 Å². The Labute approximate surface area is 174 Å². The van der Waals surface area contributed by atoms with Crippen LogP contribution >= 0.6 is 0 Å². The average Bonchev–Trinajstić information content (AvgIpc) is 3.49. The van der Waals surface area contributed by atoms with Crippen LogP contribution in [0.2, 0.25) is 0 Å². The minimum Gasteiger partial charge on any atom is -0.490 e. The van der Waals surface area contributed by atoms with Crippen LogP contribution in [0.3, 0.4) is 0 Å². The van der Waals surface area contributed by atoms with Crippen LogP contribution in [0.15, 0.2) is 18.2 Å². The van der Waals surface area contributed by atoms with Crippen molar-refractivity contribution in [1.29, 1.82) is 5.41 Å². The zero-order valence-corrected chi connectivity index (χ0v) is 18.3. The molecule has 0 radical (unpaired) electrons. The second-order valence-corrected chi connectivity index (χ2v) is 9.18. The van der Waals surface area contributed by atoms with Crippen molar-refractivity contribution in [1.82, 2.24) is 0 Å². The maximum Gasteiger partial charge on any atom is 0.279 e. The third-order valence-corrected chi connectivity index (χ3v) is 5.42. The Morgan fingerprint density at radius 3 is 2.45 bits per heavy atom. The minimum atomic E-state index is -0.361. The van der Waals surface area contributed by atoms with E-state index in [2.05, 4.69) is 25.1 Å². The first-order valence-corrected chi connectivity index (χ1v) is 10.7. The van der Waals surface area contributed by atoms with Crippen molar-refractivity contribution in [3.63, 3.8) is 0 Å². The predicted molar refractivity (Wildman–Crippen MR) is 116 cm³/mol. The van der Waals surface area contributed by atoms with Crippen LogP contribution in [-0.2, 0) is 9.53 Å². The Balaban J connectivity index is 0.000000370. The van der Waals surface area contributed by atoms with Crippen molar-refractivity contribution in [2.24, 2.45) is 16.9 Å². The lowest BCUT2D eigenvalue weighted by molar-refractivity contribution is -0.125. The fourth-order valence-corrected chi connectivity index (χ4v) is 3.29. The molecule has 1 aliphatic carbocycles. The Morgan fingerprint density at radius 1 is 1.28 bits per heavy atom.